The second-order valence-electron chi connectivity index (χ2n) is 6.54. The molecule has 0 spiro atoms. The van der Waals surface area contributed by atoms with Crippen LogP contribution in [0.25, 0.3) is 0 Å². The van der Waals surface area contributed by atoms with Gasteiger partial charge in [-0.15, -0.1) is 0 Å². The van der Waals surface area contributed by atoms with Gasteiger partial charge in [0.2, 0.25) is 0 Å². The molecule has 4 aliphatic rings. The third kappa shape index (κ3) is 4.70. The van der Waals surface area contributed by atoms with Crippen LogP contribution < -0.4 is 0 Å². The van der Waals surface area contributed by atoms with Crippen molar-refractivity contribution in [1.29, 1.82) is 0 Å². The molecule has 0 saturated heterocycles. The lowest BCUT2D eigenvalue weighted by molar-refractivity contribution is 0.865. The molecule has 2 unspecified atom stereocenters. The van der Waals surface area contributed by atoms with Gasteiger partial charge in [0.05, 0.1) is 38.6 Å². The quantitative estimate of drug-likeness (QED) is 0.168. The summed E-state index contributed by atoms with van der Waals surface area (Å²) in [7, 11) is 0. The van der Waals surface area contributed by atoms with Crippen LogP contribution in [0.4, 0.5) is 0 Å². The third-order valence-electron chi connectivity index (χ3n) is 4.99. The van der Waals surface area contributed by atoms with Crippen molar-refractivity contribution in [3.8, 4) is 0 Å². The SMILES string of the molecule is BrC1=C2C(=C(Br)[C@H](Br)[C@H]2Br)[C@@H](Br)[C@@H]1Br.BrC1[C@H](Br)C2=C([C@@H]1Br)[C@H](Br)C(Br)[C@@H]2Br. The van der Waals surface area contributed by atoms with Crippen LogP contribution in [0.2, 0.25) is 0 Å². The highest BCUT2D eigenvalue weighted by molar-refractivity contribution is 9.16. The molecule has 12 heteroatoms. The van der Waals surface area contributed by atoms with Crippen LogP contribution in [-0.2, 0) is 0 Å². The number of hydrogen-bond donors (Lipinski definition) is 0. The van der Waals surface area contributed by atoms with Crippen LogP contribution in [0, 0.1) is 0 Å². The van der Waals surface area contributed by atoms with Crippen molar-refractivity contribution in [1.82, 2.24) is 0 Å². The summed E-state index contributed by atoms with van der Waals surface area (Å²) >= 11 is 44.4. The van der Waals surface area contributed by atoms with Gasteiger partial charge in [-0.25, -0.2) is 0 Å². The normalized spacial score (nSPS) is 47.6. The zero-order valence-electron chi connectivity index (χ0n) is 13.3. The second-order valence-corrected chi connectivity index (χ2v) is 18.3. The Morgan fingerprint density at radius 2 is 0.607 bits per heavy atom. The fraction of sp³-hybridized carbons (Fsp3) is 0.625. The van der Waals surface area contributed by atoms with Crippen molar-refractivity contribution >= 4 is 191 Å². The summed E-state index contributed by atoms with van der Waals surface area (Å²) in [5.41, 5.74) is 5.64. The topological polar surface area (TPSA) is 0 Å². The van der Waals surface area contributed by atoms with Gasteiger partial charge in [-0.2, -0.15) is 0 Å². The van der Waals surface area contributed by atoms with Gasteiger partial charge in [-0.3, -0.25) is 0 Å². The first-order valence-electron chi connectivity index (χ1n) is 7.87. The lowest BCUT2D eigenvalue weighted by atomic mass is 10.1. The molecule has 4 aliphatic carbocycles. The highest BCUT2D eigenvalue weighted by atomic mass is 79.9. The molecule has 10 atom stereocenters. The maximum atomic E-state index is 3.74. The molecular weight excluding hydrogens is 1150 g/mol. The van der Waals surface area contributed by atoms with Crippen LogP contribution in [-0.4, -0.2) is 48.3 Å². The number of halogens is 12. The largest absolute Gasteiger partial charge is 0.0859 e. The summed E-state index contributed by atoms with van der Waals surface area (Å²) in [6.45, 7) is 0. The fourth-order valence-electron chi connectivity index (χ4n) is 3.59. The van der Waals surface area contributed by atoms with E-state index in [2.05, 4.69) is 191 Å². The Hall–Kier alpha value is 4.98. The van der Waals surface area contributed by atoms with Crippen molar-refractivity contribution in [2.75, 3.05) is 0 Å². The van der Waals surface area contributed by atoms with Gasteiger partial charge in [0.15, 0.2) is 0 Å². The molecule has 0 N–H and O–H groups in total. The van der Waals surface area contributed by atoms with Crippen molar-refractivity contribution in [3.05, 3.63) is 31.3 Å². The minimum absolute atomic E-state index is 0.333. The molecule has 0 radical (unpaired) electrons. The highest BCUT2D eigenvalue weighted by Crippen LogP contribution is 2.56. The van der Waals surface area contributed by atoms with Crippen molar-refractivity contribution in [2.45, 2.75) is 48.3 Å². The van der Waals surface area contributed by atoms with E-state index in [0.29, 0.717) is 48.3 Å². The Labute approximate surface area is 266 Å². The van der Waals surface area contributed by atoms with Gasteiger partial charge in [0.25, 0.3) is 0 Å². The van der Waals surface area contributed by atoms with Crippen molar-refractivity contribution in [2.24, 2.45) is 0 Å². The number of alkyl halides is 10. The molecule has 0 aromatic carbocycles. The van der Waals surface area contributed by atoms with Crippen LogP contribution in [0.5, 0.6) is 0 Å². The Bertz CT molecular complexity index is 671. The van der Waals surface area contributed by atoms with E-state index in [0.717, 1.165) is 0 Å². The molecule has 0 bridgehead atoms. The van der Waals surface area contributed by atoms with Crippen LogP contribution in [0.15, 0.2) is 31.3 Å². The van der Waals surface area contributed by atoms with E-state index in [1.807, 2.05) is 0 Å². The van der Waals surface area contributed by atoms with Crippen LogP contribution in [0.1, 0.15) is 0 Å². The molecule has 158 valence electrons. The van der Waals surface area contributed by atoms with Crippen LogP contribution >= 0.6 is 191 Å². The zero-order chi connectivity index (χ0) is 21.2. The first kappa shape index (κ1) is 27.6. The van der Waals surface area contributed by atoms with Gasteiger partial charge in [0.1, 0.15) is 0 Å². The zero-order valence-corrected chi connectivity index (χ0v) is 32.3. The molecular formula is C16H10Br12. The van der Waals surface area contributed by atoms with E-state index in [1.165, 1.54) is 31.3 Å². The number of fused-ring (bicyclic) bond motifs is 1. The Morgan fingerprint density at radius 3 is 0.857 bits per heavy atom. The molecule has 28 heavy (non-hydrogen) atoms. The fourth-order valence-corrected chi connectivity index (χ4v) is 15.0. The molecule has 4 rings (SSSR count). The van der Waals surface area contributed by atoms with Crippen molar-refractivity contribution < 1.29 is 0 Å². The summed E-state index contributed by atoms with van der Waals surface area (Å²) < 4.78 is 2.46. The van der Waals surface area contributed by atoms with E-state index in [9.17, 15) is 0 Å². The average molecular weight is 1160 g/mol. The molecule has 0 aliphatic heterocycles. The first-order chi connectivity index (χ1) is 12.9. The van der Waals surface area contributed by atoms with E-state index in [4.69, 9.17) is 0 Å². The van der Waals surface area contributed by atoms with Gasteiger partial charge >= 0.3 is 0 Å². The molecule has 0 aromatic heterocycles. The van der Waals surface area contributed by atoms with Gasteiger partial charge in [-0.1, -0.05) is 191 Å². The monoisotopic (exact) mass is 1150 g/mol. The maximum absolute atomic E-state index is 3.74. The lowest BCUT2D eigenvalue weighted by Crippen LogP contribution is -2.29. The molecule has 0 nitrogen and oxygen atoms in total. The summed E-state index contributed by atoms with van der Waals surface area (Å²) in [6.07, 6.45) is 0. The van der Waals surface area contributed by atoms with Gasteiger partial charge in [0, 0.05) is 18.6 Å². The predicted octanol–water partition coefficient (Wildman–Crippen LogP) is 10.3. The number of allylic oxidation sites excluding steroid dienone is 6. The Morgan fingerprint density at radius 1 is 0.357 bits per heavy atom. The van der Waals surface area contributed by atoms with Crippen LogP contribution in [0.3, 0.4) is 0 Å². The van der Waals surface area contributed by atoms with E-state index in [-0.39, 0.29) is 0 Å². The van der Waals surface area contributed by atoms with E-state index < -0.39 is 0 Å². The second kappa shape index (κ2) is 10.9. The smallest absolute Gasteiger partial charge is 0.0630 e. The summed E-state index contributed by atoms with van der Waals surface area (Å²) in [5, 5.41) is 0. The maximum Gasteiger partial charge on any atom is 0.0630 e. The molecule has 0 saturated carbocycles. The highest BCUT2D eigenvalue weighted by Gasteiger charge is 2.51. The molecule has 0 amide bonds. The Balaban J connectivity index is 0.000000161. The lowest BCUT2D eigenvalue weighted by Gasteiger charge is -2.22. The number of rotatable bonds is 0. The molecule has 0 heterocycles. The molecule has 0 aromatic rings. The first-order valence-corrected chi connectivity index (χ1v) is 18.6. The molecule has 0 fully saturated rings. The summed E-state index contributed by atoms with van der Waals surface area (Å²) in [6, 6.07) is 0. The van der Waals surface area contributed by atoms with Gasteiger partial charge < -0.3 is 0 Å². The van der Waals surface area contributed by atoms with E-state index in [1.54, 1.807) is 0 Å². The Kier molecular flexibility index (Phi) is 10.8. The summed E-state index contributed by atoms with van der Waals surface area (Å²) in [4.78, 5) is 3.86. The van der Waals surface area contributed by atoms with E-state index >= 15 is 0 Å². The minimum atomic E-state index is 0.333. The standard InChI is InChI=1S/C8H6Br6.C8H4Br6/c2*9-3-1-2(5(11)7(3)13)6(12)8(14)4(1)10/h3-8H;3,6-8H/t3-,4-,5+,6+,7?,8?;3-,6+,7+,8+. The van der Waals surface area contributed by atoms with Gasteiger partial charge in [-0.05, 0) is 22.3 Å². The summed E-state index contributed by atoms with van der Waals surface area (Å²) in [5.74, 6) is 0. The average Bonchev–Trinajstić information content (AvgIpc) is 3.21. The predicted molar refractivity (Wildman–Crippen MR) is 166 cm³/mol. The third-order valence-corrected chi connectivity index (χ3v) is 22.6. The minimum Gasteiger partial charge on any atom is -0.0859 e. The van der Waals surface area contributed by atoms with Crippen molar-refractivity contribution in [3.63, 3.8) is 0 Å². The number of hydrogen-bond acceptors (Lipinski definition) is 0.